The smallest absolute Gasteiger partial charge is 0.325 e. The number of hydrogen-bond donors (Lipinski definition) is 2. The minimum atomic E-state index is -0.854. The van der Waals surface area contributed by atoms with Gasteiger partial charge in [0.25, 0.3) is 0 Å². The minimum Gasteiger partial charge on any atom is -0.480 e. The van der Waals surface area contributed by atoms with Crippen LogP contribution in [0.15, 0.2) is 15.2 Å². The van der Waals surface area contributed by atoms with Crippen molar-refractivity contribution in [2.45, 2.75) is 13.0 Å². The molecular formula is C7H8BrNO2S. The molecule has 0 aliphatic rings. The van der Waals surface area contributed by atoms with E-state index in [9.17, 15) is 4.79 Å². The lowest BCUT2D eigenvalue weighted by Crippen LogP contribution is -2.25. The van der Waals surface area contributed by atoms with Gasteiger partial charge < -0.3 is 10.4 Å². The van der Waals surface area contributed by atoms with Crippen LogP contribution in [0.4, 0.5) is 5.69 Å². The Kier molecular flexibility index (Phi) is 3.11. The molecule has 2 N–H and O–H groups in total. The molecule has 0 spiro atoms. The number of carboxylic acids is 1. The van der Waals surface area contributed by atoms with Gasteiger partial charge >= 0.3 is 5.97 Å². The number of aliphatic carboxylic acids is 1. The van der Waals surface area contributed by atoms with Gasteiger partial charge in [0.1, 0.15) is 6.04 Å². The van der Waals surface area contributed by atoms with Crippen LogP contribution < -0.4 is 5.32 Å². The number of thiophene rings is 1. The molecule has 0 bridgehead atoms. The monoisotopic (exact) mass is 249 g/mol. The molecule has 0 saturated carbocycles. The van der Waals surface area contributed by atoms with Crippen molar-refractivity contribution >= 4 is 38.9 Å². The third-order valence-electron chi connectivity index (χ3n) is 1.36. The molecular weight excluding hydrogens is 242 g/mol. The first-order valence-electron chi connectivity index (χ1n) is 3.33. The van der Waals surface area contributed by atoms with Gasteiger partial charge in [-0.2, -0.15) is 0 Å². The van der Waals surface area contributed by atoms with Gasteiger partial charge in [0.05, 0.1) is 9.47 Å². The Morgan fingerprint density at radius 2 is 2.50 bits per heavy atom. The zero-order valence-corrected chi connectivity index (χ0v) is 8.78. The molecule has 0 fully saturated rings. The van der Waals surface area contributed by atoms with Crippen molar-refractivity contribution in [3.8, 4) is 0 Å². The third-order valence-corrected chi connectivity index (χ3v) is 3.05. The summed E-state index contributed by atoms with van der Waals surface area (Å²) in [5.74, 6) is -0.854. The van der Waals surface area contributed by atoms with Gasteiger partial charge in [-0.1, -0.05) is 0 Å². The lowest BCUT2D eigenvalue weighted by Gasteiger charge is -2.08. The van der Waals surface area contributed by atoms with Crippen LogP contribution in [0.3, 0.4) is 0 Å². The molecule has 3 nitrogen and oxygen atoms in total. The summed E-state index contributed by atoms with van der Waals surface area (Å²) in [5.41, 5.74) is 0.829. The number of carboxylic acid groups (broad SMARTS) is 1. The Balaban J connectivity index is 2.64. The van der Waals surface area contributed by atoms with Gasteiger partial charge in [-0.25, -0.2) is 0 Å². The molecule has 5 heteroatoms. The second-order valence-electron chi connectivity index (χ2n) is 2.31. The summed E-state index contributed by atoms with van der Waals surface area (Å²) in [4.78, 5) is 10.5. The van der Waals surface area contributed by atoms with Gasteiger partial charge in [-0.3, -0.25) is 4.79 Å². The highest BCUT2D eigenvalue weighted by molar-refractivity contribution is 9.11. The molecule has 1 atom stereocenters. The molecule has 1 heterocycles. The average Bonchev–Trinajstić information content (AvgIpc) is 2.36. The van der Waals surface area contributed by atoms with E-state index in [0.717, 1.165) is 9.47 Å². The molecule has 66 valence electrons. The molecule has 0 radical (unpaired) electrons. The van der Waals surface area contributed by atoms with Crippen LogP contribution in [0, 0.1) is 0 Å². The Bertz CT molecular complexity index is 287. The molecule has 1 aromatic rings. The largest absolute Gasteiger partial charge is 0.480 e. The van der Waals surface area contributed by atoms with Crippen molar-refractivity contribution in [3.05, 3.63) is 15.2 Å². The summed E-state index contributed by atoms with van der Waals surface area (Å²) in [6.07, 6.45) is 0. The Hall–Kier alpha value is -0.550. The summed E-state index contributed by atoms with van der Waals surface area (Å²) >= 11 is 4.83. The van der Waals surface area contributed by atoms with E-state index in [1.165, 1.54) is 11.3 Å². The predicted octanol–water partition coefficient (Wildman–Crippen LogP) is 2.40. The Morgan fingerprint density at radius 1 is 1.83 bits per heavy atom. The van der Waals surface area contributed by atoms with E-state index in [1.54, 1.807) is 6.92 Å². The fourth-order valence-electron chi connectivity index (χ4n) is 0.691. The zero-order valence-electron chi connectivity index (χ0n) is 6.37. The first-order chi connectivity index (χ1) is 5.61. The molecule has 1 rings (SSSR count). The van der Waals surface area contributed by atoms with Gasteiger partial charge in [-0.15, -0.1) is 11.3 Å². The van der Waals surface area contributed by atoms with Gasteiger partial charge in [0.15, 0.2) is 0 Å². The van der Waals surface area contributed by atoms with Crippen molar-refractivity contribution in [1.29, 1.82) is 0 Å². The highest BCUT2D eigenvalue weighted by atomic mass is 79.9. The summed E-state index contributed by atoms with van der Waals surface area (Å²) in [5, 5.41) is 13.3. The normalized spacial score (nSPS) is 12.5. The van der Waals surface area contributed by atoms with Crippen LogP contribution in [0.25, 0.3) is 0 Å². The average molecular weight is 250 g/mol. The highest BCUT2D eigenvalue weighted by Gasteiger charge is 2.11. The summed E-state index contributed by atoms with van der Waals surface area (Å²) in [6.45, 7) is 1.60. The second kappa shape index (κ2) is 3.91. The Labute approximate surface area is 82.5 Å². The first kappa shape index (κ1) is 9.54. The molecule has 0 aromatic carbocycles. The molecule has 1 aromatic heterocycles. The number of halogens is 1. The quantitative estimate of drug-likeness (QED) is 0.865. The van der Waals surface area contributed by atoms with Crippen molar-refractivity contribution < 1.29 is 9.90 Å². The fourth-order valence-corrected chi connectivity index (χ4v) is 1.84. The maximum absolute atomic E-state index is 10.5. The van der Waals surface area contributed by atoms with Crippen LogP contribution in [-0.4, -0.2) is 17.1 Å². The standard InChI is InChI=1S/C7H8BrNO2S/c1-4(7(10)11)9-5-2-3-12-6(5)8/h2-4,9H,1H3,(H,10,11)/t4-/m0/s1. The van der Waals surface area contributed by atoms with Gasteiger partial charge in [0, 0.05) is 0 Å². The van der Waals surface area contributed by atoms with E-state index >= 15 is 0 Å². The maximum atomic E-state index is 10.5. The number of rotatable bonds is 3. The van der Waals surface area contributed by atoms with Crippen molar-refractivity contribution in [1.82, 2.24) is 0 Å². The molecule has 12 heavy (non-hydrogen) atoms. The highest BCUT2D eigenvalue weighted by Crippen LogP contribution is 2.28. The fraction of sp³-hybridized carbons (Fsp3) is 0.286. The number of hydrogen-bond acceptors (Lipinski definition) is 3. The van der Waals surface area contributed by atoms with E-state index in [1.807, 2.05) is 11.4 Å². The molecule has 0 amide bonds. The van der Waals surface area contributed by atoms with Crippen molar-refractivity contribution in [3.63, 3.8) is 0 Å². The van der Waals surface area contributed by atoms with E-state index < -0.39 is 12.0 Å². The van der Waals surface area contributed by atoms with Crippen LogP contribution in [0.1, 0.15) is 6.92 Å². The number of carbonyl (C=O) groups is 1. The molecule has 0 aliphatic heterocycles. The van der Waals surface area contributed by atoms with Crippen molar-refractivity contribution in [2.24, 2.45) is 0 Å². The van der Waals surface area contributed by atoms with E-state index in [-0.39, 0.29) is 0 Å². The summed E-state index contributed by atoms with van der Waals surface area (Å²) < 4.78 is 0.926. The lowest BCUT2D eigenvalue weighted by molar-refractivity contribution is -0.137. The van der Waals surface area contributed by atoms with E-state index in [0.29, 0.717) is 0 Å². The second-order valence-corrected chi connectivity index (χ2v) is 4.55. The SMILES string of the molecule is C[C@H](Nc1ccsc1Br)C(=O)O. The Morgan fingerprint density at radius 3 is 2.92 bits per heavy atom. The summed E-state index contributed by atoms with van der Waals surface area (Å²) in [7, 11) is 0. The first-order valence-corrected chi connectivity index (χ1v) is 5.01. The van der Waals surface area contributed by atoms with E-state index in [4.69, 9.17) is 5.11 Å². The maximum Gasteiger partial charge on any atom is 0.325 e. The predicted molar refractivity (Wildman–Crippen MR) is 52.7 cm³/mol. The third kappa shape index (κ3) is 2.22. The minimum absolute atomic E-state index is 0.559. The lowest BCUT2D eigenvalue weighted by atomic mass is 10.3. The van der Waals surface area contributed by atoms with Crippen molar-refractivity contribution in [2.75, 3.05) is 5.32 Å². The topological polar surface area (TPSA) is 49.3 Å². The molecule has 0 saturated heterocycles. The van der Waals surface area contributed by atoms with Crippen LogP contribution in [0.5, 0.6) is 0 Å². The van der Waals surface area contributed by atoms with Gasteiger partial charge in [-0.05, 0) is 34.3 Å². The van der Waals surface area contributed by atoms with Gasteiger partial charge in [0.2, 0.25) is 0 Å². The van der Waals surface area contributed by atoms with Crippen LogP contribution >= 0.6 is 27.3 Å². The molecule has 0 aliphatic carbocycles. The van der Waals surface area contributed by atoms with Crippen LogP contribution in [-0.2, 0) is 4.79 Å². The summed E-state index contributed by atoms with van der Waals surface area (Å²) in [6, 6.07) is 1.28. The molecule has 0 unspecified atom stereocenters. The van der Waals surface area contributed by atoms with Crippen LogP contribution in [0.2, 0.25) is 0 Å². The number of nitrogens with one attached hydrogen (secondary N) is 1. The van der Waals surface area contributed by atoms with E-state index in [2.05, 4.69) is 21.2 Å². The zero-order chi connectivity index (χ0) is 9.14. The number of anilines is 1.